The summed E-state index contributed by atoms with van der Waals surface area (Å²) in [5.74, 6) is -3.28. The third-order valence-electron chi connectivity index (χ3n) is 3.55. The molecule has 0 atom stereocenters. The molecule has 5 nitrogen and oxygen atoms in total. The van der Waals surface area contributed by atoms with Crippen LogP contribution in [0.1, 0.15) is 5.56 Å². The molecular weight excluding hydrogens is 323 g/mol. The topological polar surface area (TPSA) is 68.1 Å². The Bertz CT molecular complexity index is 953. The fourth-order valence-corrected chi connectivity index (χ4v) is 2.47. The first kappa shape index (κ1) is 15.7. The molecule has 1 N–H and O–H groups in total. The predicted octanol–water partition coefficient (Wildman–Crippen LogP) is 4.61. The van der Waals surface area contributed by atoms with Crippen molar-refractivity contribution in [1.82, 2.24) is 4.98 Å². The number of nitro benzene ring substituents is 1. The summed E-state index contributed by atoms with van der Waals surface area (Å²) in [6.45, 7) is 1.59. The molecule has 0 amide bonds. The number of benzene rings is 2. The van der Waals surface area contributed by atoms with E-state index in [0.29, 0.717) is 23.1 Å². The van der Waals surface area contributed by atoms with E-state index < -0.39 is 28.1 Å². The number of hydrogen-bond donors (Lipinski definition) is 1. The average molecular weight is 333 g/mol. The third-order valence-corrected chi connectivity index (χ3v) is 3.55. The first-order valence-corrected chi connectivity index (χ1v) is 6.82. The molecule has 3 aromatic rings. The maximum atomic E-state index is 13.8. The van der Waals surface area contributed by atoms with Crippen molar-refractivity contribution < 1.29 is 18.1 Å². The van der Waals surface area contributed by atoms with Crippen LogP contribution in [-0.2, 0) is 0 Å². The number of nitrogens with one attached hydrogen (secondary N) is 1. The second-order valence-electron chi connectivity index (χ2n) is 5.11. The van der Waals surface area contributed by atoms with Gasteiger partial charge in [-0.05, 0) is 19.1 Å². The lowest BCUT2D eigenvalue weighted by Gasteiger charge is -2.11. The van der Waals surface area contributed by atoms with Crippen molar-refractivity contribution in [3.8, 4) is 0 Å². The van der Waals surface area contributed by atoms with Gasteiger partial charge >= 0.3 is 0 Å². The second kappa shape index (κ2) is 5.80. The Morgan fingerprint density at radius 2 is 1.75 bits per heavy atom. The third kappa shape index (κ3) is 2.62. The molecule has 8 heteroatoms. The standard InChI is InChI=1S/C16H10F3N3O2/c1-8-2-3-11-10(15(8)22(23)24)4-5-20-16(11)21-14-12(18)6-9(17)7-13(14)19/h2-7H,1H3,(H,20,21). The van der Waals surface area contributed by atoms with Crippen molar-refractivity contribution in [2.75, 3.05) is 5.32 Å². The van der Waals surface area contributed by atoms with E-state index in [2.05, 4.69) is 10.3 Å². The van der Waals surface area contributed by atoms with E-state index in [0.717, 1.165) is 0 Å². The van der Waals surface area contributed by atoms with Crippen LogP contribution < -0.4 is 5.32 Å². The molecule has 2 aromatic carbocycles. The Morgan fingerprint density at radius 1 is 1.08 bits per heavy atom. The van der Waals surface area contributed by atoms with Crippen molar-refractivity contribution in [2.45, 2.75) is 6.92 Å². The highest BCUT2D eigenvalue weighted by Crippen LogP contribution is 2.34. The van der Waals surface area contributed by atoms with E-state index in [-0.39, 0.29) is 16.9 Å². The second-order valence-corrected chi connectivity index (χ2v) is 5.11. The molecule has 0 aliphatic heterocycles. The van der Waals surface area contributed by atoms with Crippen LogP contribution in [0.25, 0.3) is 10.8 Å². The van der Waals surface area contributed by atoms with Crippen LogP contribution in [0.2, 0.25) is 0 Å². The number of hydrogen-bond acceptors (Lipinski definition) is 4. The number of nitrogens with zero attached hydrogens (tertiary/aromatic N) is 2. The highest BCUT2D eigenvalue weighted by atomic mass is 19.1. The van der Waals surface area contributed by atoms with Gasteiger partial charge in [-0.25, -0.2) is 18.2 Å². The minimum Gasteiger partial charge on any atom is -0.335 e. The van der Waals surface area contributed by atoms with E-state index in [1.165, 1.54) is 18.3 Å². The maximum Gasteiger partial charge on any atom is 0.280 e. The summed E-state index contributed by atoms with van der Waals surface area (Å²) in [5.41, 5.74) is -0.249. The number of anilines is 2. The van der Waals surface area contributed by atoms with Gasteiger partial charge < -0.3 is 5.32 Å². The van der Waals surface area contributed by atoms with E-state index in [4.69, 9.17) is 0 Å². The van der Waals surface area contributed by atoms with Crippen molar-refractivity contribution in [3.63, 3.8) is 0 Å². The Balaban J connectivity index is 2.19. The molecule has 0 radical (unpaired) electrons. The van der Waals surface area contributed by atoms with Crippen LogP contribution in [0.3, 0.4) is 0 Å². The van der Waals surface area contributed by atoms with Crippen LogP contribution in [0.15, 0.2) is 36.5 Å². The van der Waals surface area contributed by atoms with E-state index in [9.17, 15) is 23.3 Å². The van der Waals surface area contributed by atoms with Crippen molar-refractivity contribution in [3.05, 3.63) is 69.7 Å². The van der Waals surface area contributed by atoms with Gasteiger partial charge in [0.25, 0.3) is 5.69 Å². The molecule has 0 aliphatic rings. The van der Waals surface area contributed by atoms with Crippen LogP contribution in [0.5, 0.6) is 0 Å². The quantitative estimate of drug-likeness (QED) is 0.561. The van der Waals surface area contributed by atoms with Gasteiger partial charge in [0.2, 0.25) is 0 Å². The molecule has 1 aromatic heterocycles. The highest BCUT2D eigenvalue weighted by molar-refractivity contribution is 5.99. The molecule has 0 bridgehead atoms. The summed E-state index contributed by atoms with van der Waals surface area (Å²) < 4.78 is 40.6. The van der Waals surface area contributed by atoms with Gasteiger partial charge in [0.15, 0.2) is 11.6 Å². The van der Waals surface area contributed by atoms with Gasteiger partial charge in [-0.2, -0.15) is 0 Å². The normalized spacial score (nSPS) is 10.8. The largest absolute Gasteiger partial charge is 0.335 e. The minimum absolute atomic E-state index is 0.0278. The number of rotatable bonds is 3. The Hall–Kier alpha value is -3.16. The number of nitro groups is 1. The molecule has 3 rings (SSSR count). The zero-order chi connectivity index (χ0) is 17.4. The first-order valence-electron chi connectivity index (χ1n) is 6.82. The molecule has 1 heterocycles. The lowest BCUT2D eigenvalue weighted by atomic mass is 10.1. The zero-order valence-corrected chi connectivity index (χ0v) is 12.3. The van der Waals surface area contributed by atoms with Crippen molar-refractivity contribution >= 4 is 28.0 Å². The van der Waals surface area contributed by atoms with Gasteiger partial charge in [-0.3, -0.25) is 10.1 Å². The first-order chi connectivity index (χ1) is 11.4. The van der Waals surface area contributed by atoms with Gasteiger partial charge in [0.05, 0.1) is 10.3 Å². The Morgan fingerprint density at radius 3 is 2.38 bits per heavy atom. The van der Waals surface area contributed by atoms with Gasteiger partial charge in [0, 0.05) is 29.3 Å². The number of pyridine rings is 1. The molecule has 122 valence electrons. The lowest BCUT2D eigenvalue weighted by molar-refractivity contribution is -0.383. The van der Waals surface area contributed by atoms with Gasteiger partial charge in [-0.15, -0.1) is 0 Å². The molecule has 0 saturated carbocycles. The van der Waals surface area contributed by atoms with Crippen molar-refractivity contribution in [2.24, 2.45) is 0 Å². The molecule has 0 fully saturated rings. The van der Waals surface area contributed by atoms with E-state index >= 15 is 0 Å². The SMILES string of the molecule is Cc1ccc2c(Nc3c(F)cc(F)cc3F)nccc2c1[N+](=O)[O-]. The monoisotopic (exact) mass is 333 g/mol. The molecule has 0 aliphatic carbocycles. The summed E-state index contributed by atoms with van der Waals surface area (Å²) in [6.07, 6.45) is 1.29. The van der Waals surface area contributed by atoms with Crippen LogP contribution in [0.4, 0.5) is 30.4 Å². The molecule has 0 saturated heterocycles. The summed E-state index contributed by atoms with van der Waals surface area (Å²) in [4.78, 5) is 14.7. The summed E-state index contributed by atoms with van der Waals surface area (Å²) >= 11 is 0. The molecule has 0 unspecified atom stereocenters. The summed E-state index contributed by atoms with van der Waals surface area (Å²) in [7, 11) is 0. The summed E-state index contributed by atoms with van der Waals surface area (Å²) in [6, 6.07) is 5.59. The summed E-state index contributed by atoms with van der Waals surface area (Å²) in [5, 5.41) is 14.3. The van der Waals surface area contributed by atoms with Crippen LogP contribution in [0, 0.1) is 34.5 Å². The van der Waals surface area contributed by atoms with Crippen molar-refractivity contribution in [1.29, 1.82) is 0 Å². The molecule has 0 spiro atoms. The highest BCUT2D eigenvalue weighted by Gasteiger charge is 2.19. The smallest absolute Gasteiger partial charge is 0.280 e. The zero-order valence-electron chi connectivity index (χ0n) is 12.3. The minimum atomic E-state index is -1.13. The molecular formula is C16H10F3N3O2. The molecule has 24 heavy (non-hydrogen) atoms. The fourth-order valence-electron chi connectivity index (χ4n) is 2.47. The van der Waals surface area contributed by atoms with Gasteiger partial charge in [-0.1, -0.05) is 6.07 Å². The fraction of sp³-hybridized carbons (Fsp3) is 0.0625. The number of aryl methyl sites for hydroxylation is 1. The van der Waals surface area contributed by atoms with Gasteiger partial charge in [0.1, 0.15) is 17.3 Å². The Labute approximate surface area is 133 Å². The van der Waals surface area contributed by atoms with E-state index in [1.807, 2.05) is 0 Å². The maximum absolute atomic E-state index is 13.8. The lowest BCUT2D eigenvalue weighted by Crippen LogP contribution is -2.02. The average Bonchev–Trinajstić information content (AvgIpc) is 2.50. The Kier molecular flexibility index (Phi) is 3.80. The number of aromatic nitrogens is 1. The van der Waals surface area contributed by atoms with Crippen LogP contribution >= 0.6 is 0 Å². The number of halogens is 3. The van der Waals surface area contributed by atoms with E-state index in [1.54, 1.807) is 13.0 Å². The van der Waals surface area contributed by atoms with Crippen LogP contribution in [-0.4, -0.2) is 9.91 Å². The number of fused-ring (bicyclic) bond motifs is 1. The predicted molar refractivity (Wildman–Crippen MR) is 82.7 cm³/mol.